The summed E-state index contributed by atoms with van der Waals surface area (Å²) in [6.07, 6.45) is 0.854. The van der Waals surface area contributed by atoms with Gasteiger partial charge in [-0.25, -0.2) is 4.98 Å². The van der Waals surface area contributed by atoms with E-state index in [0.717, 1.165) is 17.1 Å². The standard InChI is InChI=1S/C17H23NOS/c1-11-6-13(17(3,4)5)7-12(2)15(11)8-16-18-14(9-19)10-20-16/h6-7,10,19H,8-9H2,1-5H3. The molecule has 0 amide bonds. The van der Waals surface area contributed by atoms with Crippen LogP contribution in [0.25, 0.3) is 0 Å². The van der Waals surface area contributed by atoms with Gasteiger partial charge in [0.15, 0.2) is 0 Å². The van der Waals surface area contributed by atoms with E-state index >= 15 is 0 Å². The average Bonchev–Trinajstić information content (AvgIpc) is 2.80. The van der Waals surface area contributed by atoms with Crippen molar-refractivity contribution in [1.29, 1.82) is 0 Å². The highest BCUT2D eigenvalue weighted by molar-refractivity contribution is 7.09. The van der Waals surface area contributed by atoms with E-state index in [1.807, 2.05) is 5.38 Å². The number of benzene rings is 1. The van der Waals surface area contributed by atoms with Gasteiger partial charge in [-0.05, 0) is 41.5 Å². The molecule has 0 saturated heterocycles. The Morgan fingerprint density at radius 3 is 2.20 bits per heavy atom. The number of aliphatic hydroxyl groups is 1. The second-order valence-electron chi connectivity index (χ2n) is 6.41. The minimum absolute atomic E-state index is 0.0252. The maximum atomic E-state index is 9.10. The molecule has 2 aromatic rings. The third kappa shape index (κ3) is 3.28. The highest BCUT2D eigenvalue weighted by Crippen LogP contribution is 2.28. The second-order valence-corrected chi connectivity index (χ2v) is 7.35. The maximum Gasteiger partial charge on any atom is 0.0973 e. The molecule has 1 aromatic heterocycles. The lowest BCUT2D eigenvalue weighted by atomic mass is 9.83. The van der Waals surface area contributed by atoms with Gasteiger partial charge in [0.1, 0.15) is 0 Å². The van der Waals surface area contributed by atoms with Crippen LogP contribution < -0.4 is 0 Å². The minimum Gasteiger partial charge on any atom is -0.390 e. The Hall–Kier alpha value is -1.19. The van der Waals surface area contributed by atoms with Crippen molar-refractivity contribution in [1.82, 2.24) is 4.98 Å². The first kappa shape index (κ1) is 15.2. The minimum atomic E-state index is 0.0252. The average molecular weight is 289 g/mol. The second kappa shape index (κ2) is 5.66. The lowest BCUT2D eigenvalue weighted by Gasteiger charge is -2.22. The zero-order valence-corrected chi connectivity index (χ0v) is 13.8. The van der Waals surface area contributed by atoms with E-state index in [2.05, 4.69) is 51.7 Å². The SMILES string of the molecule is Cc1cc(C(C)(C)C)cc(C)c1Cc1nc(CO)cs1. The summed E-state index contributed by atoms with van der Waals surface area (Å²) in [5.74, 6) is 0. The van der Waals surface area contributed by atoms with Crippen LogP contribution >= 0.6 is 11.3 Å². The number of nitrogens with zero attached hydrogens (tertiary/aromatic N) is 1. The predicted molar refractivity (Wildman–Crippen MR) is 85.5 cm³/mol. The van der Waals surface area contributed by atoms with Crippen molar-refractivity contribution in [2.45, 2.75) is 53.1 Å². The van der Waals surface area contributed by atoms with Gasteiger partial charge in [-0.3, -0.25) is 0 Å². The van der Waals surface area contributed by atoms with E-state index < -0.39 is 0 Å². The number of hydrogen-bond acceptors (Lipinski definition) is 3. The molecular weight excluding hydrogens is 266 g/mol. The van der Waals surface area contributed by atoms with Crippen LogP contribution in [0.5, 0.6) is 0 Å². The van der Waals surface area contributed by atoms with Crippen molar-refractivity contribution < 1.29 is 5.11 Å². The number of aliphatic hydroxyl groups excluding tert-OH is 1. The van der Waals surface area contributed by atoms with Crippen molar-refractivity contribution >= 4 is 11.3 Å². The van der Waals surface area contributed by atoms with Gasteiger partial charge >= 0.3 is 0 Å². The molecule has 1 N–H and O–H groups in total. The van der Waals surface area contributed by atoms with Crippen LogP contribution in [0.2, 0.25) is 0 Å². The van der Waals surface area contributed by atoms with Crippen molar-refractivity contribution in [3.05, 3.63) is 50.5 Å². The fraction of sp³-hybridized carbons (Fsp3) is 0.471. The smallest absolute Gasteiger partial charge is 0.0973 e. The lowest BCUT2D eigenvalue weighted by Crippen LogP contribution is -2.12. The Labute approximate surface area is 125 Å². The van der Waals surface area contributed by atoms with Gasteiger partial charge in [0.05, 0.1) is 17.3 Å². The molecule has 0 fully saturated rings. The van der Waals surface area contributed by atoms with Crippen molar-refractivity contribution in [3.63, 3.8) is 0 Å². The molecule has 20 heavy (non-hydrogen) atoms. The van der Waals surface area contributed by atoms with E-state index in [-0.39, 0.29) is 12.0 Å². The summed E-state index contributed by atoms with van der Waals surface area (Å²) >= 11 is 1.63. The molecule has 1 heterocycles. The normalized spacial score (nSPS) is 11.9. The Kier molecular flexibility index (Phi) is 4.31. The van der Waals surface area contributed by atoms with Gasteiger partial charge in [-0.2, -0.15) is 0 Å². The summed E-state index contributed by atoms with van der Waals surface area (Å²) in [5, 5.41) is 12.1. The van der Waals surface area contributed by atoms with E-state index in [1.165, 1.54) is 22.3 Å². The predicted octanol–water partition coefficient (Wildman–Crippen LogP) is 4.14. The number of thiazole rings is 1. The van der Waals surface area contributed by atoms with Crippen molar-refractivity contribution in [2.75, 3.05) is 0 Å². The van der Waals surface area contributed by atoms with Crippen LogP contribution in [0.3, 0.4) is 0 Å². The van der Waals surface area contributed by atoms with Gasteiger partial charge in [-0.1, -0.05) is 32.9 Å². The molecule has 0 spiro atoms. The zero-order valence-electron chi connectivity index (χ0n) is 12.9. The van der Waals surface area contributed by atoms with Gasteiger partial charge in [0.25, 0.3) is 0 Å². The molecule has 1 aromatic carbocycles. The van der Waals surface area contributed by atoms with Crippen molar-refractivity contribution in [3.8, 4) is 0 Å². The van der Waals surface area contributed by atoms with Crippen LogP contribution in [0.15, 0.2) is 17.5 Å². The highest BCUT2D eigenvalue weighted by atomic mass is 32.1. The van der Waals surface area contributed by atoms with Crippen LogP contribution in [0.4, 0.5) is 0 Å². The Balaban J connectivity index is 2.33. The van der Waals surface area contributed by atoms with E-state index in [4.69, 9.17) is 5.11 Å². The molecule has 0 unspecified atom stereocenters. The molecule has 2 rings (SSSR count). The highest BCUT2D eigenvalue weighted by Gasteiger charge is 2.16. The number of rotatable bonds is 3. The fourth-order valence-electron chi connectivity index (χ4n) is 2.36. The first-order valence-corrected chi connectivity index (χ1v) is 7.84. The summed E-state index contributed by atoms with van der Waals surface area (Å²) < 4.78 is 0. The largest absolute Gasteiger partial charge is 0.390 e. The zero-order chi connectivity index (χ0) is 14.9. The molecule has 0 saturated carbocycles. The van der Waals surface area contributed by atoms with Crippen LogP contribution in [0.1, 0.15) is 53.7 Å². The Morgan fingerprint density at radius 1 is 1.15 bits per heavy atom. The molecule has 108 valence electrons. The maximum absolute atomic E-state index is 9.10. The molecule has 0 aliphatic rings. The molecule has 3 heteroatoms. The molecule has 0 aliphatic carbocycles. The molecule has 2 nitrogen and oxygen atoms in total. The van der Waals surface area contributed by atoms with E-state index in [0.29, 0.717) is 0 Å². The van der Waals surface area contributed by atoms with Crippen molar-refractivity contribution in [2.24, 2.45) is 0 Å². The molecule has 0 radical (unpaired) electrons. The Morgan fingerprint density at radius 2 is 1.75 bits per heavy atom. The van der Waals surface area contributed by atoms with Crippen LogP contribution in [0, 0.1) is 13.8 Å². The third-order valence-electron chi connectivity index (χ3n) is 3.65. The summed E-state index contributed by atoms with van der Waals surface area (Å²) in [7, 11) is 0. The van der Waals surface area contributed by atoms with Gasteiger partial charge in [0.2, 0.25) is 0 Å². The van der Waals surface area contributed by atoms with Crippen LogP contribution in [-0.2, 0) is 18.4 Å². The molecule has 0 atom stereocenters. The number of aromatic nitrogens is 1. The first-order chi connectivity index (χ1) is 9.31. The van der Waals surface area contributed by atoms with Gasteiger partial charge in [0, 0.05) is 11.8 Å². The quantitative estimate of drug-likeness (QED) is 0.921. The summed E-state index contributed by atoms with van der Waals surface area (Å²) in [5.41, 5.74) is 6.35. The van der Waals surface area contributed by atoms with E-state index in [9.17, 15) is 0 Å². The topological polar surface area (TPSA) is 33.1 Å². The molecular formula is C17H23NOS. The van der Waals surface area contributed by atoms with Crippen LogP contribution in [-0.4, -0.2) is 10.1 Å². The Bertz CT molecular complexity index is 585. The van der Waals surface area contributed by atoms with Gasteiger partial charge < -0.3 is 5.11 Å². The summed E-state index contributed by atoms with van der Waals surface area (Å²) in [6.45, 7) is 11.1. The lowest BCUT2D eigenvalue weighted by molar-refractivity contribution is 0.277. The van der Waals surface area contributed by atoms with E-state index in [1.54, 1.807) is 11.3 Å². The van der Waals surface area contributed by atoms with Gasteiger partial charge in [-0.15, -0.1) is 11.3 Å². The molecule has 0 bridgehead atoms. The first-order valence-electron chi connectivity index (χ1n) is 6.96. The number of hydrogen-bond donors (Lipinski definition) is 1. The fourth-order valence-corrected chi connectivity index (χ4v) is 3.16. The third-order valence-corrected chi connectivity index (χ3v) is 4.55. The summed E-state index contributed by atoms with van der Waals surface area (Å²) in [6, 6.07) is 4.59. The molecule has 0 aliphatic heterocycles. The summed E-state index contributed by atoms with van der Waals surface area (Å²) in [4.78, 5) is 4.45. The monoisotopic (exact) mass is 289 g/mol. The number of aryl methyl sites for hydroxylation is 2.